The second-order valence-electron chi connectivity index (χ2n) is 2.31. The topological polar surface area (TPSA) is 18.5 Å². The van der Waals surface area contributed by atoms with Crippen LogP contribution in [0.1, 0.15) is 19.3 Å². The Morgan fingerprint density at radius 3 is 3.17 bits per heavy atom. The largest absolute Gasteiger partial charge is 0.332 e. The lowest BCUT2D eigenvalue weighted by atomic mass is 10.2. The van der Waals surface area contributed by atoms with Gasteiger partial charge in [-0.2, -0.15) is 0 Å². The number of rotatable bonds is 0. The molecule has 0 aliphatic carbocycles. The summed E-state index contributed by atoms with van der Waals surface area (Å²) in [4.78, 5) is 4.72. The van der Waals surface area contributed by atoms with E-state index in [9.17, 15) is 0 Å². The van der Waals surface area contributed by atoms with Crippen LogP contribution >= 0.6 is 21.9 Å². The minimum absolute atomic E-state index is 1.12. The summed E-state index contributed by atoms with van der Waals surface area (Å²) in [7, 11) is 1.68. The van der Waals surface area contributed by atoms with Crippen LogP contribution in [-0.4, -0.2) is 5.75 Å². The second-order valence-corrected chi connectivity index (χ2v) is 4.34. The van der Waals surface area contributed by atoms with Crippen molar-refractivity contribution < 1.29 is 9.22 Å². The van der Waals surface area contributed by atoms with Gasteiger partial charge in [-0.05, 0) is 25.3 Å². The molecule has 0 amide bonds. The van der Waals surface area contributed by atoms with Gasteiger partial charge in [0.15, 0.2) is 0 Å². The van der Waals surface area contributed by atoms with E-state index < -0.39 is 0 Å². The van der Waals surface area contributed by atoms with Crippen LogP contribution in [0, 0.1) is 0 Å². The van der Waals surface area contributed by atoms with Gasteiger partial charge in [-0.15, -0.1) is 4.33 Å². The van der Waals surface area contributed by atoms with Crippen LogP contribution in [0.2, 0.25) is 0 Å². The molecule has 0 fully saturated rings. The summed E-state index contributed by atoms with van der Waals surface area (Å²) in [6.45, 7) is 0. The first kappa shape index (κ1) is 10.0. The second kappa shape index (κ2) is 7.58. The Morgan fingerprint density at radius 2 is 2.17 bits per heavy atom. The molecule has 0 saturated heterocycles. The summed E-state index contributed by atoms with van der Waals surface area (Å²) in [5.74, 6) is 1.12. The average molecular weight is 204 g/mol. The molecule has 0 N–H and O–H groups in total. The van der Waals surface area contributed by atoms with Crippen LogP contribution in [0.4, 0.5) is 0 Å². The Hall–Kier alpha value is -0.0600. The third-order valence-electron chi connectivity index (χ3n) is 1.34. The zero-order valence-electron chi connectivity index (χ0n) is 6.77. The quantitative estimate of drug-likeness (QED) is 0.341. The minimum atomic E-state index is 1.12. The van der Waals surface area contributed by atoms with Gasteiger partial charge in [-0.1, -0.05) is 22.9 Å². The van der Waals surface area contributed by atoms with E-state index >= 15 is 0 Å². The van der Waals surface area contributed by atoms with Crippen molar-refractivity contribution >= 4 is 21.9 Å². The fraction of sp³-hybridized carbons (Fsp3) is 0.500. The molecule has 1 aliphatic rings. The van der Waals surface area contributed by atoms with Crippen LogP contribution in [-0.2, 0) is 9.22 Å². The van der Waals surface area contributed by atoms with Gasteiger partial charge < -0.3 is 4.89 Å². The fourth-order valence-corrected chi connectivity index (χ4v) is 2.05. The molecule has 0 aromatic heterocycles. The van der Waals surface area contributed by atoms with Gasteiger partial charge in [0.25, 0.3) is 0 Å². The number of hydrogen-bond donors (Lipinski definition) is 0. The van der Waals surface area contributed by atoms with Gasteiger partial charge in [-0.3, -0.25) is 0 Å². The van der Waals surface area contributed by atoms with E-state index in [0.717, 1.165) is 12.2 Å². The maximum absolute atomic E-state index is 4.77. The molecular formula is C8H12O2S2. The molecule has 4 heteroatoms. The predicted molar refractivity (Wildman–Crippen MR) is 54.4 cm³/mol. The maximum Gasteiger partial charge on any atom is 0.130 e. The number of hydrogen-bond acceptors (Lipinski definition) is 4. The summed E-state index contributed by atoms with van der Waals surface area (Å²) >= 11 is 1.29. The van der Waals surface area contributed by atoms with Crippen molar-refractivity contribution in [3.8, 4) is 0 Å². The van der Waals surface area contributed by atoms with Crippen molar-refractivity contribution in [3.63, 3.8) is 0 Å². The Kier molecular flexibility index (Phi) is 6.33. The lowest BCUT2D eigenvalue weighted by Crippen LogP contribution is -1.79. The first-order valence-corrected chi connectivity index (χ1v) is 6.18. The minimum Gasteiger partial charge on any atom is -0.332 e. The SMILES string of the molecule is C1=CCCCCSSOOC=C1. The molecule has 0 aromatic carbocycles. The normalized spacial score (nSPS) is 20.7. The molecule has 1 rings (SSSR count). The van der Waals surface area contributed by atoms with E-state index in [1.54, 1.807) is 10.8 Å². The van der Waals surface area contributed by atoms with E-state index in [1.165, 1.54) is 30.2 Å². The first-order chi connectivity index (χ1) is 6.00. The number of allylic oxidation sites excluding steroid dienone is 3. The van der Waals surface area contributed by atoms with Gasteiger partial charge in [-0.25, -0.2) is 0 Å². The average Bonchev–Trinajstić information content (AvgIpc) is 2.05. The van der Waals surface area contributed by atoms with Crippen LogP contribution in [0.25, 0.3) is 0 Å². The van der Waals surface area contributed by atoms with Crippen LogP contribution in [0.5, 0.6) is 0 Å². The van der Waals surface area contributed by atoms with Gasteiger partial charge in [0, 0.05) is 5.75 Å². The van der Waals surface area contributed by atoms with Gasteiger partial charge in [0.2, 0.25) is 0 Å². The highest BCUT2D eigenvalue weighted by Gasteiger charge is 1.92. The predicted octanol–water partition coefficient (Wildman–Crippen LogP) is 3.48. The van der Waals surface area contributed by atoms with E-state index in [4.69, 9.17) is 9.22 Å². The van der Waals surface area contributed by atoms with Crippen LogP contribution in [0.3, 0.4) is 0 Å². The van der Waals surface area contributed by atoms with E-state index in [-0.39, 0.29) is 0 Å². The van der Waals surface area contributed by atoms with Gasteiger partial charge >= 0.3 is 0 Å². The Bertz CT molecular complexity index is 139. The lowest BCUT2D eigenvalue weighted by Gasteiger charge is -1.99. The molecule has 1 heterocycles. The molecule has 0 unspecified atom stereocenters. The van der Waals surface area contributed by atoms with Gasteiger partial charge in [0.1, 0.15) is 17.3 Å². The Labute approximate surface area is 80.9 Å². The lowest BCUT2D eigenvalue weighted by molar-refractivity contribution is -0.127. The zero-order valence-corrected chi connectivity index (χ0v) is 8.40. The molecule has 0 aromatic rings. The van der Waals surface area contributed by atoms with Crippen molar-refractivity contribution in [2.24, 2.45) is 0 Å². The Morgan fingerprint density at radius 1 is 1.17 bits per heavy atom. The van der Waals surface area contributed by atoms with Crippen molar-refractivity contribution in [3.05, 3.63) is 24.5 Å². The molecule has 0 radical (unpaired) electrons. The molecule has 0 spiro atoms. The summed E-state index contributed by atoms with van der Waals surface area (Å²) in [6, 6.07) is 0. The first-order valence-electron chi connectivity index (χ1n) is 3.93. The summed E-state index contributed by atoms with van der Waals surface area (Å²) in [5, 5.41) is 0. The van der Waals surface area contributed by atoms with E-state index in [0.29, 0.717) is 0 Å². The third kappa shape index (κ3) is 5.57. The molecule has 12 heavy (non-hydrogen) atoms. The fourth-order valence-electron chi connectivity index (χ4n) is 0.768. The zero-order chi connectivity index (χ0) is 8.49. The van der Waals surface area contributed by atoms with Crippen molar-refractivity contribution in [1.29, 1.82) is 0 Å². The molecule has 0 atom stereocenters. The monoisotopic (exact) mass is 204 g/mol. The third-order valence-corrected chi connectivity index (χ3v) is 2.99. The summed E-state index contributed by atoms with van der Waals surface area (Å²) < 4.78 is 4.77. The molecule has 68 valence electrons. The summed E-state index contributed by atoms with van der Waals surface area (Å²) in [5.41, 5.74) is 0. The van der Waals surface area contributed by atoms with Crippen LogP contribution < -0.4 is 0 Å². The highest BCUT2D eigenvalue weighted by atomic mass is 33.1. The van der Waals surface area contributed by atoms with E-state index in [2.05, 4.69) is 6.08 Å². The maximum atomic E-state index is 4.77. The van der Waals surface area contributed by atoms with Crippen molar-refractivity contribution in [1.82, 2.24) is 0 Å². The molecule has 0 bridgehead atoms. The Balaban J connectivity index is 2.21. The van der Waals surface area contributed by atoms with E-state index in [1.807, 2.05) is 12.2 Å². The molecule has 2 nitrogen and oxygen atoms in total. The highest BCUT2D eigenvalue weighted by molar-refractivity contribution is 8.74. The smallest absolute Gasteiger partial charge is 0.130 e. The van der Waals surface area contributed by atoms with Crippen molar-refractivity contribution in [2.45, 2.75) is 19.3 Å². The standard InChI is InChI=1S/C8H12O2S2/c1-2-4-6-8-11-12-10-9-7-5-3-1/h1,3,5,7H,2,4,6,8H2. The summed E-state index contributed by atoms with van der Waals surface area (Å²) in [6.07, 6.45) is 11.1. The molecule has 1 aliphatic heterocycles. The van der Waals surface area contributed by atoms with Crippen LogP contribution in [0.15, 0.2) is 24.5 Å². The highest BCUT2D eigenvalue weighted by Crippen LogP contribution is 2.24. The molecule has 0 saturated carbocycles. The molecular weight excluding hydrogens is 192 g/mol. The van der Waals surface area contributed by atoms with Gasteiger partial charge in [0.05, 0.1) is 0 Å². The van der Waals surface area contributed by atoms with Crippen molar-refractivity contribution in [2.75, 3.05) is 5.75 Å².